The molecule has 1 aliphatic heterocycles. The van der Waals surface area contributed by atoms with Crippen molar-refractivity contribution in [3.05, 3.63) is 51.5 Å². The number of carboxylic acids is 1. The number of aromatic carboxylic acids is 1. The van der Waals surface area contributed by atoms with Crippen LogP contribution < -0.4 is 10.5 Å². The Morgan fingerprint density at radius 2 is 1.96 bits per heavy atom. The Morgan fingerprint density at radius 3 is 2.62 bits per heavy atom. The molecular weight excluding hydrogens is 358 g/mol. The van der Waals surface area contributed by atoms with Gasteiger partial charge in [-0.2, -0.15) is 0 Å². The number of furan rings is 1. The van der Waals surface area contributed by atoms with Crippen molar-refractivity contribution >= 4 is 39.1 Å². The van der Waals surface area contributed by atoms with Gasteiger partial charge in [0.25, 0.3) is 11.5 Å². The van der Waals surface area contributed by atoms with Crippen LogP contribution in [0, 0.1) is 0 Å². The third-order valence-corrected chi connectivity index (χ3v) is 5.34. The molecule has 4 rings (SSSR count). The van der Waals surface area contributed by atoms with Gasteiger partial charge in [-0.1, -0.05) is 0 Å². The highest BCUT2D eigenvalue weighted by Crippen LogP contribution is 2.32. The van der Waals surface area contributed by atoms with Gasteiger partial charge in [0.1, 0.15) is 5.56 Å². The lowest BCUT2D eigenvalue weighted by atomic mass is 10.1. The molecule has 0 atom stereocenters. The van der Waals surface area contributed by atoms with E-state index in [-0.39, 0.29) is 17.2 Å². The van der Waals surface area contributed by atoms with Crippen molar-refractivity contribution in [1.29, 1.82) is 0 Å². The van der Waals surface area contributed by atoms with E-state index in [1.165, 1.54) is 17.6 Å². The average Bonchev–Trinajstić information content (AvgIpc) is 3.31. The van der Waals surface area contributed by atoms with Crippen LogP contribution in [0.2, 0.25) is 0 Å². The Balaban J connectivity index is 1.65. The van der Waals surface area contributed by atoms with E-state index in [0.29, 0.717) is 37.4 Å². The van der Waals surface area contributed by atoms with E-state index in [9.17, 15) is 19.5 Å². The molecule has 1 aliphatic rings. The van der Waals surface area contributed by atoms with Crippen LogP contribution in [0.5, 0.6) is 0 Å². The summed E-state index contributed by atoms with van der Waals surface area (Å²) in [5.41, 5.74) is 0.170. The standard InChI is InChI=1S/C17H15N3O5S/c21-15-12(17(23)24)13(14-10(18-15)3-9-26-14)19-4-6-20(7-5-19)16(22)11-2-1-8-25-11/h1-3,8-9H,4-7H2,(H,18,21)(H,23,24). The molecule has 0 bridgehead atoms. The second-order valence-electron chi connectivity index (χ2n) is 5.90. The summed E-state index contributed by atoms with van der Waals surface area (Å²) in [7, 11) is 0. The molecule has 2 N–H and O–H groups in total. The molecule has 8 nitrogen and oxygen atoms in total. The zero-order chi connectivity index (χ0) is 18.3. The average molecular weight is 373 g/mol. The Morgan fingerprint density at radius 1 is 1.19 bits per heavy atom. The van der Waals surface area contributed by atoms with Crippen LogP contribution in [0.3, 0.4) is 0 Å². The van der Waals surface area contributed by atoms with Crippen LogP contribution in [0.1, 0.15) is 20.9 Å². The SMILES string of the molecule is O=C(O)c1c(N2CCN(C(=O)c3ccco3)CC2)c2sccc2[nH]c1=O. The van der Waals surface area contributed by atoms with Crippen molar-refractivity contribution in [2.45, 2.75) is 0 Å². The number of nitrogens with one attached hydrogen (secondary N) is 1. The minimum atomic E-state index is -1.26. The number of carbonyl (C=O) groups excluding carboxylic acids is 1. The first-order valence-corrected chi connectivity index (χ1v) is 8.88. The number of thiophene rings is 1. The normalized spacial score (nSPS) is 14.8. The number of aromatic nitrogens is 1. The molecule has 0 aliphatic carbocycles. The van der Waals surface area contributed by atoms with Crippen LogP contribution >= 0.6 is 11.3 Å². The molecule has 134 valence electrons. The summed E-state index contributed by atoms with van der Waals surface area (Å²) in [6.45, 7) is 1.70. The molecule has 3 aromatic heterocycles. The summed E-state index contributed by atoms with van der Waals surface area (Å²) < 4.78 is 5.88. The van der Waals surface area contributed by atoms with Crippen molar-refractivity contribution in [2.75, 3.05) is 31.1 Å². The Labute approximate surface area is 151 Å². The van der Waals surface area contributed by atoms with E-state index in [1.807, 2.05) is 10.3 Å². The number of hydrogen-bond acceptors (Lipinski definition) is 6. The monoisotopic (exact) mass is 373 g/mol. The van der Waals surface area contributed by atoms with E-state index in [4.69, 9.17) is 4.42 Å². The molecule has 26 heavy (non-hydrogen) atoms. The number of nitrogens with zero attached hydrogens (tertiary/aromatic N) is 2. The number of rotatable bonds is 3. The second-order valence-corrected chi connectivity index (χ2v) is 6.82. The number of fused-ring (bicyclic) bond motifs is 1. The Hall–Kier alpha value is -3.07. The van der Waals surface area contributed by atoms with Gasteiger partial charge in [-0.05, 0) is 23.6 Å². The fraction of sp³-hybridized carbons (Fsp3) is 0.235. The lowest BCUT2D eigenvalue weighted by Crippen LogP contribution is -2.49. The fourth-order valence-corrected chi connectivity index (χ4v) is 4.12. The van der Waals surface area contributed by atoms with Gasteiger partial charge >= 0.3 is 5.97 Å². The first-order valence-electron chi connectivity index (χ1n) is 8.01. The molecule has 9 heteroatoms. The van der Waals surface area contributed by atoms with Gasteiger partial charge < -0.3 is 24.3 Å². The number of pyridine rings is 1. The largest absolute Gasteiger partial charge is 0.477 e. The number of carboxylic acid groups (broad SMARTS) is 1. The van der Waals surface area contributed by atoms with Crippen molar-refractivity contribution in [3.63, 3.8) is 0 Å². The Bertz CT molecular complexity index is 1030. The maximum atomic E-state index is 12.4. The van der Waals surface area contributed by atoms with E-state index in [1.54, 1.807) is 23.1 Å². The summed E-state index contributed by atoms with van der Waals surface area (Å²) in [5.74, 6) is -1.17. The van der Waals surface area contributed by atoms with Gasteiger partial charge in [-0.15, -0.1) is 11.3 Å². The van der Waals surface area contributed by atoms with Gasteiger partial charge in [-0.25, -0.2) is 4.79 Å². The van der Waals surface area contributed by atoms with Crippen LogP contribution in [0.15, 0.2) is 39.1 Å². The zero-order valence-corrected chi connectivity index (χ0v) is 14.4. The molecule has 1 fully saturated rings. The van der Waals surface area contributed by atoms with E-state index in [0.717, 1.165) is 4.70 Å². The quantitative estimate of drug-likeness (QED) is 0.726. The van der Waals surface area contributed by atoms with Crippen LogP contribution in [0.25, 0.3) is 10.2 Å². The lowest BCUT2D eigenvalue weighted by molar-refractivity contribution is 0.0687. The molecule has 3 aromatic rings. The third-order valence-electron chi connectivity index (χ3n) is 4.42. The number of anilines is 1. The number of amides is 1. The van der Waals surface area contributed by atoms with E-state index >= 15 is 0 Å². The summed E-state index contributed by atoms with van der Waals surface area (Å²) >= 11 is 1.38. The predicted molar refractivity (Wildman–Crippen MR) is 96.2 cm³/mol. The number of hydrogen-bond donors (Lipinski definition) is 2. The number of carbonyl (C=O) groups is 2. The minimum absolute atomic E-state index is 0.194. The number of H-pyrrole nitrogens is 1. The fourth-order valence-electron chi connectivity index (χ4n) is 3.19. The highest BCUT2D eigenvalue weighted by Gasteiger charge is 2.29. The van der Waals surface area contributed by atoms with E-state index in [2.05, 4.69) is 4.98 Å². The molecule has 0 unspecified atom stereocenters. The minimum Gasteiger partial charge on any atom is -0.477 e. The summed E-state index contributed by atoms with van der Waals surface area (Å²) in [4.78, 5) is 42.4. The molecule has 0 aromatic carbocycles. The van der Waals surface area contributed by atoms with Crippen LogP contribution in [-0.4, -0.2) is 53.0 Å². The Kier molecular flexibility index (Phi) is 4.00. The van der Waals surface area contributed by atoms with Gasteiger partial charge in [0.2, 0.25) is 0 Å². The second kappa shape index (κ2) is 6.34. The van der Waals surface area contributed by atoms with Gasteiger partial charge in [-0.3, -0.25) is 9.59 Å². The molecule has 0 saturated carbocycles. The summed E-state index contributed by atoms with van der Waals surface area (Å²) in [6.07, 6.45) is 1.45. The lowest BCUT2D eigenvalue weighted by Gasteiger charge is -2.36. The number of aromatic amines is 1. The van der Waals surface area contributed by atoms with Crippen molar-refractivity contribution in [3.8, 4) is 0 Å². The molecule has 0 spiro atoms. The predicted octanol–water partition coefficient (Wildman–Crippen LogP) is 1.84. The summed E-state index contributed by atoms with van der Waals surface area (Å²) in [6, 6.07) is 5.03. The third kappa shape index (κ3) is 2.66. The molecule has 1 saturated heterocycles. The maximum absolute atomic E-state index is 12.4. The zero-order valence-electron chi connectivity index (χ0n) is 13.6. The van der Waals surface area contributed by atoms with Gasteiger partial charge in [0.15, 0.2) is 5.76 Å². The highest BCUT2D eigenvalue weighted by molar-refractivity contribution is 7.17. The van der Waals surface area contributed by atoms with Crippen molar-refractivity contribution in [1.82, 2.24) is 9.88 Å². The van der Waals surface area contributed by atoms with Crippen LogP contribution in [0.4, 0.5) is 5.69 Å². The highest BCUT2D eigenvalue weighted by atomic mass is 32.1. The molecular formula is C17H15N3O5S. The van der Waals surface area contributed by atoms with Crippen LogP contribution in [-0.2, 0) is 0 Å². The summed E-state index contributed by atoms with van der Waals surface area (Å²) in [5, 5.41) is 11.3. The first-order chi connectivity index (χ1) is 12.6. The topological polar surface area (TPSA) is 107 Å². The van der Waals surface area contributed by atoms with Crippen molar-refractivity contribution in [2.24, 2.45) is 0 Å². The smallest absolute Gasteiger partial charge is 0.343 e. The van der Waals surface area contributed by atoms with E-state index < -0.39 is 11.5 Å². The maximum Gasteiger partial charge on any atom is 0.343 e. The number of piperazine rings is 1. The molecule has 4 heterocycles. The van der Waals surface area contributed by atoms with Crippen molar-refractivity contribution < 1.29 is 19.1 Å². The van der Waals surface area contributed by atoms with Gasteiger partial charge in [0, 0.05) is 26.2 Å². The molecule has 1 amide bonds. The molecule has 0 radical (unpaired) electrons. The van der Waals surface area contributed by atoms with Gasteiger partial charge in [0.05, 0.1) is 22.2 Å². The first kappa shape index (κ1) is 16.4.